The minimum Gasteiger partial charge on any atom is -0.495 e. The zero-order valence-corrected chi connectivity index (χ0v) is 41.7. The van der Waals surface area contributed by atoms with Gasteiger partial charge in [0.05, 0.1) is 19.1 Å². The molecule has 0 aromatic heterocycles. The van der Waals surface area contributed by atoms with Crippen LogP contribution in [0.5, 0.6) is 11.5 Å². The minimum atomic E-state index is -4.15. The van der Waals surface area contributed by atoms with Crippen LogP contribution in [0.4, 0.5) is 5.69 Å². The molecule has 0 amide bonds. The summed E-state index contributed by atoms with van der Waals surface area (Å²) in [6.07, 6.45) is 0. The molecule has 0 aliphatic carbocycles. The highest BCUT2D eigenvalue weighted by atomic mass is 35.7. The fourth-order valence-corrected chi connectivity index (χ4v) is 25.2. The first kappa shape index (κ1) is 49.2. The number of benzene rings is 6. The van der Waals surface area contributed by atoms with Gasteiger partial charge in [0.25, 0.3) is 9.05 Å². The van der Waals surface area contributed by atoms with Crippen LogP contribution in [0.25, 0.3) is 0 Å². The number of nitrogens with two attached hydrogens (primary N) is 1. The third-order valence-electron chi connectivity index (χ3n) is 10.8. The van der Waals surface area contributed by atoms with Gasteiger partial charge >= 0.3 is 0 Å². The highest BCUT2D eigenvalue weighted by Gasteiger charge is 2.53. The number of halogens is 1. The Labute approximate surface area is 379 Å². The molecule has 334 valence electrons. The summed E-state index contributed by atoms with van der Waals surface area (Å²) in [4.78, 5) is -0.334. The van der Waals surface area contributed by atoms with Gasteiger partial charge < -0.3 is 15.2 Å². The maximum atomic E-state index is 13.8. The highest BCUT2D eigenvalue weighted by molar-refractivity contribution is 8.13. The lowest BCUT2D eigenvalue weighted by Crippen LogP contribution is -2.74. The smallest absolute Gasteiger partial charge is 0.261 e. The van der Waals surface area contributed by atoms with Crippen LogP contribution in [0.2, 0.25) is 10.1 Å². The Balaban J connectivity index is 0.000000239. The van der Waals surface area contributed by atoms with E-state index in [9.17, 15) is 25.3 Å². The first-order valence-electron chi connectivity index (χ1n) is 19.8. The largest absolute Gasteiger partial charge is 0.495 e. The van der Waals surface area contributed by atoms with Gasteiger partial charge in [-0.25, -0.2) is 34.0 Å². The average molecular weight is 965 g/mol. The predicted molar refractivity (Wildman–Crippen MR) is 259 cm³/mol. The van der Waals surface area contributed by atoms with Crippen LogP contribution in [0.3, 0.4) is 0 Å². The second-order valence-electron chi connectivity index (χ2n) is 16.8. The Hall–Kier alpha value is -4.79. The van der Waals surface area contributed by atoms with Gasteiger partial charge in [-0.1, -0.05) is 163 Å². The first-order chi connectivity index (χ1) is 29.4. The molecule has 0 fully saturated rings. The fraction of sp³-hybridized carbons (Fsp3) is 0.217. The summed E-state index contributed by atoms with van der Waals surface area (Å²) in [7, 11) is -10.2. The molecular formula is C46H54ClN3O8S3Si2. The molecule has 6 rings (SSSR count). The summed E-state index contributed by atoms with van der Waals surface area (Å²) in [5.74, 6) is 0.114. The maximum absolute atomic E-state index is 13.8. The molecule has 0 bridgehead atoms. The van der Waals surface area contributed by atoms with Gasteiger partial charge in [0.15, 0.2) is 0 Å². The summed E-state index contributed by atoms with van der Waals surface area (Å²) in [6.45, 7) is 12.3. The zero-order valence-electron chi connectivity index (χ0n) is 36.5. The summed E-state index contributed by atoms with van der Waals surface area (Å²) >= 11 is 0. The van der Waals surface area contributed by atoms with E-state index in [2.05, 4.69) is 29.5 Å². The number of ether oxygens (including phenoxy) is 2. The van der Waals surface area contributed by atoms with Crippen molar-refractivity contribution >= 4 is 82.7 Å². The van der Waals surface area contributed by atoms with E-state index in [1.165, 1.54) is 32.4 Å². The third kappa shape index (κ3) is 10.4. The number of nitrogens with one attached hydrogen (secondary N) is 2. The fourth-order valence-electron chi connectivity index (χ4n) is 7.80. The molecule has 0 aliphatic rings. The van der Waals surface area contributed by atoms with Crippen LogP contribution < -0.4 is 44.7 Å². The monoisotopic (exact) mass is 963 g/mol. The van der Waals surface area contributed by atoms with E-state index in [4.69, 9.17) is 25.9 Å². The van der Waals surface area contributed by atoms with Crippen molar-refractivity contribution in [2.45, 2.75) is 66.3 Å². The number of methoxy groups -OCH3 is 2. The molecule has 0 aliphatic heterocycles. The van der Waals surface area contributed by atoms with Gasteiger partial charge in [0, 0.05) is 28.5 Å². The number of hydrogen-bond acceptors (Lipinski definition) is 9. The Bertz CT molecular complexity index is 2770. The topological polar surface area (TPSA) is 171 Å². The van der Waals surface area contributed by atoms with Crippen LogP contribution in [-0.4, -0.2) is 55.9 Å². The van der Waals surface area contributed by atoms with E-state index < -0.39 is 50.6 Å². The van der Waals surface area contributed by atoms with Crippen molar-refractivity contribution < 1.29 is 34.7 Å². The molecule has 0 atom stereocenters. The maximum Gasteiger partial charge on any atom is 0.261 e. The predicted octanol–water partition coefficient (Wildman–Crippen LogP) is 6.58. The highest BCUT2D eigenvalue weighted by Crippen LogP contribution is 2.38. The standard InChI is InChI=1S/C23H26ClNO5S2Si.C23H28N2O3SSi/c1-23(2,3)33(19-11-7-5-8-12-19,20-13-9-6-10-14-20)25-32(28,29)22-16-15-18(31(24,26)27)17-21(22)30-4;1-23(2,3)30(19-11-7-5-8-12-19,20-13-9-6-10-14-20)25-29(26,27)22-16-15-18(24)17-21(22)28-4/h5-17,25H,1-4H3;5-17,25H,24H2,1-4H3. The van der Waals surface area contributed by atoms with E-state index in [1.54, 1.807) is 6.07 Å². The molecule has 6 aromatic carbocycles. The normalized spacial score (nSPS) is 12.8. The Kier molecular flexibility index (Phi) is 15.0. The molecule has 63 heavy (non-hydrogen) atoms. The Morgan fingerprint density at radius 2 is 0.778 bits per heavy atom. The molecule has 0 unspecified atom stereocenters. The molecule has 0 heterocycles. The molecule has 6 aromatic rings. The summed E-state index contributed by atoms with van der Waals surface area (Å²) in [5.41, 5.74) is 6.28. The number of hydrogen-bond donors (Lipinski definition) is 3. The van der Waals surface area contributed by atoms with Gasteiger partial charge in [-0.05, 0) is 55.1 Å². The van der Waals surface area contributed by atoms with Crippen LogP contribution in [0.15, 0.2) is 172 Å². The molecular weight excluding hydrogens is 910 g/mol. The van der Waals surface area contributed by atoms with Gasteiger partial charge in [-0.15, -0.1) is 0 Å². The van der Waals surface area contributed by atoms with Crippen molar-refractivity contribution in [2.24, 2.45) is 0 Å². The molecule has 0 spiro atoms. The van der Waals surface area contributed by atoms with E-state index in [0.29, 0.717) is 5.69 Å². The van der Waals surface area contributed by atoms with Crippen molar-refractivity contribution in [2.75, 3.05) is 20.0 Å². The SMILES string of the molecule is COc1cc(N)ccc1S(=O)(=O)N[Si](c1ccccc1)(c1ccccc1)C(C)(C)C.COc1cc(S(=O)(=O)Cl)ccc1S(=O)(=O)N[Si](c1ccccc1)(c1ccccc1)C(C)(C)C. The first-order valence-corrected chi connectivity index (χ1v) is 29.1. The summed E-state index contributed by atoms with van der Waals surface area (Å²) in [5, 5.41) is 2.92. The van der Waals surface area contributed by atoms with E-state index >= 15 is 0 Å². The number of rotatable bonds is 13. The van der Waals surface area contributed by atoms with Gasteiger partial charge in [0.2, 0.25) is 36.5 Å². The van der Waals surface area contributed by atoms with Crippen LogP contribution in [0.1, 0.15) is 41.5 Å². The molecule has 17 heteroatoms. The molecule has 11 nitrogen and oxygen atoms in total. The average Bonchev–Trinajstić information content (AvgIpc) is 3.24. The van der Waals surface area contributed by atoms with Crippen molar-refractivity contribution in [3.63, 3.8) is 0 Å². The molecule has 0 radical (unpaired) electrons. The van der Waals surface area contributed by atoms with E-state index in [1.807, 2.05) is 142 Å². The zero-order chi connectivity index (χ0) is 46.5. The molecule has 0 saturated carbocycles. The molecule has 0 saturated heterocycles. The van der Waals surface area contributed by atoms with Crippen molar-refractivity contribution in [3.05, 3.63) is 158 Å². The van der Waals surface area contributed by atoms with Crippen molar-refractivity contribution in [1.82, 2.24) is 8.78 Å². The van der Waals surface area contributed by atoms with Crippen LogP contribution >= 0.6 is 10.7 Å². The van der Waals surface area contributed by atoms with Gasteiger partial charge in [-0.2, -0.15) is 0 Å². The Morgan fingerprint density at radius 1 is 0.476 bits per heavy atom. The number of anilines is 1. The number of sulfonamides is 2. The minimum absolute atomic E-state index is 0.0761. The van der Waals surface area contributed by atoms with Gasteiger partial charge in [0.1, 0.15) is 21.3 Å². The second kappa shape index (κ2) is 19.1. The quantitative estimate of drug-likeness (QED) is 0.0658. The lowest BCUT2D eigenvalue weighted by atomic mass is 10.2. The Morgan fingerprint density at radius 3 is 1.06 bits per heavy atom. The summed E-state index contributed by atoms with van der Waals surface area (Å²) < 4.78 is 95.5. The van der Waals surface area contributed by atoms with Crippen LogP contribution in [0, 0.1) is 0 Å². The summed E-state index contributed by atoms with van der Waals surface area (Å²) in [6, 6.07) is 46.9. The second-order valence-corrected chi connectivity index (χ2v) is 32.2. The van der Waals surface area contributed by atoms with Crippen molar-refractivity contribution in [1.29, 1.82) is 0 Å². The lowest BCUT2D eigenvalue weighted by molar-refractivity contribution is 0.401. The molecule has 4 N–H and O–H groups in total. The van der Waals surface area contributed by atoms with Crippen molar-refractivity contribution in [3.8, 4) is 11.5 Å². The van der Waals surface area contributed by atoms with E-state index in [0.717, 1.165) is 32.9 Å². The lowest BCUT2D eigenvalue weighted by Gasteiger charge is -2.43. The van der Waals surface area contributed by atoms with Crippen LogP contribution in [-0.2, 0) is 29.1 Å². The van der Waals surface area contributed by atoms with Gasteiger partial charge in [-0.3, -0.25) is 0 Å². The number of nitrogen functional groups attached to an aromatic ring is 1. The van der Waals surface area contributed by atoms with E-state index in [-0.39, 0.29) is 31.2 Å². The third-order valence-corrected chi connectivity index (χ3v) is 27.9.